The van der Waals surface area contributed by atoms with Crippen molar-refractivity contribution >= 4 is 21.9 Å². The number of aliphatic imine (C=N–C) groups is 1. The van der Waals surface area contributed by atoms with Gasteiger partial charge in [-0.25, -0.2) is 12.7 Å². The summed E-state index contributed by atoms with van der Waals surface area (Å²) in [5, 5.41) is 3.47. The van der Waals surface area contributed by atoms with Gasteiger partial charge in [0, 0.05) is 66.0 Å². The molecule has 1 amide bonds. The highest BCUT2D eigenvalue weighted by Gasteiger charge is 2.27. The number of morpholine rings is 1. The Morgan fingerprint density at radius 2 is 1.63 bits per heavy atom. The Kier molecular flexibility index (Phi) is 8.32. The van der Waals surface area contributed by atoms with Crippen LogP contribution in [0.5, 0.6) is 0 Å². The van der Waals surface area contributed by atoms with E-state index in [1.54, 1.807) is 11.4 Å². The number of guanidine groups is 1. The van der Waals surface area contributed by atoms with Gasteiger partial charge in [-0.3, -0.25) is 14.7 Å². The molecule has 3 aliphatic heterocycles. The molecule has 0 saturated carbocycles. The van der Waals surface area contributed by atoms with Crippen LogP contribution in [0.2, 0.25) is 0 Å². The molecule has 3 fully saturated rings. The molecule has 3 aliphatic rings. The highest BCUT2D eigenvalue weighted by molar-refractivity contribution is 7.88. The Labute approximate surface area is 180 Å². The van der Waals surface area contributed by atoms with Gasteiger partial charge in [0.2, 0.25) is 15.9 Å². The van der Waals surface area contributed by atoms with Crippen molar-refractivity contribution < 1.29 is 17.9 Å². The molecule has 0 bridgehead atoms. The largest absolute Gasteiger partial charge is 0.378 e. The van der Waals surface area contributed by atoms with E-state index < -0.39 is 10.0 Å². The molecule has 0 aromatic heterocycles. The highest BCUT2D eigenvalue weighted by atomic mass is 32.2. The maximum Gasteiger partial charge on any atom is 0.236 e. The molecule has 0 aromatic carbocycles. The second-order valence-electron chi connectivity index (χ2n) is 8.29. The van der Waals surface area contributed by atoms with Gasteiger partial charge >= 0.3 is 0 Å². The third kappa shape index (κ3) is 6.53. The Morgan fingerprint density at radius 1 is 1.00 bits per heavy atom. The van der Waals surface area contributed by atoms with Crippen LogP contribution < -0.4 is 5.32 Å². The van der Waals surface area contributed by atoms with Gasteiger partial charge in [0.15, 0.2) is 5.96 Å². The fourth-order valence-corrected chi connectivity index (χ4v) is 5.11. The number of carbonyl (C=O) groups excluding carboxylic acids is 1. The monoisotopic (exact) mass is 444 g/mol. The van der Waals surface area contributed by atoms with Crippen LogP contribution in [0.4, 0.5) is 0 Å². The van der Waals surface area contributed by atoms with Crippen LogP contribution in [-0.4, -0.2) is 131 Å². The number of piperazine rings is 1. The number of nitrogens with one attached hydrogen (secondary N) is 1. The lowest BCUT2D eigenvalue weighted by Gasteiger charge is -2.38. The third-order valence-corrected chi connectivity index (χ3v) is 7.50. The smallest absolute Gasteiger partial charge is 0.236 e. The molecule has 3 rings (SSSR count). The number of sulfonamides is 1. The standard InChI is InChI=1S/C19H36N6O4S/c1-20-19(21-15-17-3-5-25(6-4-17)30(2,27)28)24-9-7-22(8-10-24)16-18(26)23-11-13-29-14-12-23/h17H,3-16H2,1-2H3,(H,20,21). The van der Waals surface area contributed by atoms with Gasteiger partial charge < -0.3 is 19.9 Å². The first-order valence-electron chi connectivity index (χ1n) is 10.9. The Morgan fingerprint density at radius 3 is 2.20 bits per heavy atom. The van der Waals surface area contributed by atoms with E-state index in [0.717, 1.165) is 51.5 Å². The lowest BCUT2D eigenvalue weighted by molar-refractivity contribution is -0.136. The molecular weight excluding hydrogens is 408 g/mol. The summed E-state index contributed by atoms with van der Waals surface area (Å²) in [6.45, 7) is 8.47. The van der Waals surface area contributed by atoms with Crippen LogP contribution >= 0.6 is 0 Å². The maximum absolute atomic E-state index is 12.4. The van der Waals surface area contributed by atoms with Gasteiger partial charge in [-0.15, -0.1) is 0 Å². The summed E-state index contributed by atoms with van der Waals surface area (Å²) in [4.78, 5) is 23.2. The molecular formula is C19H36N6O4S. The average molecular weight is 445 g/mol. The van der Waals surface area contributed by atoms with Crippen molar-refractivity contribution in [2.75, 3.05) is 92.0 Å². The van der Waals surface area contributed by atoms with Crippen LogP contribution in [0.25, 0.3) is 0 Å². The molecule has 0 atom stereocenters. The molecule has 3 saturated heterocycles. The second-order valence-corrected chi connectivity index (χ2v) is 10.3. The van der Waals surface area contributed by atoms with E-state index in [4.69, 9.17) is 4.74 Å². The minimum absolute atomic E-state index is 0.190. The first kappa shape index (κ1) is 23.2. The highest BCUT2D eigenvalue weighted by Crippen LogP contribution is 2.18. The average Bonchev–Trinajstić information content (AvgIpc) is 2.75. The van der Waals surface area contributed by atoms with Crippen molar-refractivity contribution in [3.63, 3.8) is 0 Å². The molecule has 0 aliphatic carbocycles. The van der Waals surface area contributed by atoms with Crippen molar-refractivity contribution in [3.05, 3.63) is 0 Å². The van der Waals surface area contributed by atoms with E-state index in [-0.39, 0.29) is 5.91 Å². The van der Waals surface area contributed by atoms with Crippen molar-refractivity contribution in [2.24, 2.45) is 10.9 Å². The van der Waals surface area contributed by atoms with Gasteiger partial charge in [0.1, 0.15) is 0 Å². The maximum atomic E-state index is 12.4. The number of hydrogen-bond acceptors (Lipinski definition) is 6. The van der Waals surface area contributed by atoms with E-state index in [9.17, 15) is 13.2 Å². The van der Waals surface area contributed by atoms with Crippen LogP contribution in [0.3, 0.4) is 0 Å². The minimum atomic E-state index is -3.08. The van der Waals surface area contributed by atoms with Crippen molar-refractivity contribution in [3.8, 4) is 0 Å². The topological polar surface area (TPSA) is 97.8 Å². The summed E-state index contributed by atoms with van der Waals surface area (Å²) in [5.41, 5.74) is 0. The number of rotatable bonds is 5. The van der Waals surface area contributed by atoms with Gasteiger partial charge in [0.05, 0.1) is 26.0 Å². The first-order chi connectivity index (χ1) is 14.4. The van der Waals surface area contributed by atoms with Crippen molar-refractivity contribution in [1.82, 2.24) is 24.3 Å². The minimum Gasteiger partial charge on any atom is -0.378 e. The summed E-state index contributed by atoms with van der Waals surface area (Å²) in [6, 6.07) is 0. The molecule has 10 nitrogen and oxygen atoms in total. The van der Waals surface area contributed by atoms with E-state index in [0.29, 0.717) is 51.9 Å². The Balaban J connectivity index is 1.37. The molecule has 30 heavy (non-hydrogen) atoms. The zero-order chi connectivity index (χ0) is 21.6. The molecule has 11 heteroatoms. The zero-order valence-corrected chi connectivity index (χ0v) is 19.1. The number of ether oxygens (including phenoxy) is 1. The molecule has 0 radical (unpaired) electrons. The predicted molar refractivity (Wildman–Crippen MR) is 116 cm³/mol. The summed E-state index contributed by atoms with van der Waals surface area (Å²) >= 11 is 0. The lowest BCUT2D eigenvalue weighted by Crippen LogP contribution is -2.55. The summed E-state index contributed by atoms with van der Waals surface area (Å²) < 4.78 is 30.2. The van der Waals surface area contributed by atoms with Gasteiger partial charge in [-0.05, 0) is 18.8 Å². The van der Waals surface area contributed by atoms with Crippen LogP contribution in [0.1, 0.15) is 12.8 Å². The second kappa shape index (κ2) is 10.7. The van der Waals surface area contributed by atoms with Gasteiger partial charge in [0.25, 0.3) is 0 Å². The fraction of sp³-hybridized carbons (Fsp3) is 0.895. The van der Waals surface area contributed by atoms with Crippen LogP contribution in [0.15, 0.2) is 4.99 Å². The summed E-state index contributed by atoms with van der Waals surface area (Å²) in [7, 11) is -1.29. The van der Waals surface area contributed by atoms with E-state index in [2.05, 4.69) is 20.1 Å². The van der Waals surface area contributed by atoms with E-state index >= 15 is 0 Å². The predicted octanol–water partition coefficient (Wildman–Crippen LogP) is -1.29. The van der Waals surface area contributed by atoms with Crippen LogP contribution in [-0.2, 0) is 19.6 Å². The summed E-state index contributed by atoms with van der Waals surface area (Å²) in [5.74, 6) is 1.53. The molecule has 1 N–H and O–H groups in total. The molecule has 0 spiro atoms. The van der Waals surface area contributed by atoms with Gasteiger partial charge in [-0.1, -0.05) is 0 Å². The molecule has 172 valence electrons. The number of carbonyl (C=O) groups is 1. The number of piperidine rings is 1. The molecule has 0 aromatic rings. The summed E-state index contributed by atoms with van der Waals surface area (Å²) in [6.07, 6.45) is 3.02. The quantitative estimate of drug-likeness (QED) is 0.416. The van der Waals surface area contributed by atoms with Gasteiger partial charge in [-0.2, -0.15) is 0 Å². The SMILES string of the molecule is CN=C(NCC1CCN(S(C)(=O)=O)CC1)N1CCN(CC(=O)N2CCOCC2)CC1. The number of hydrogen-bond donors (Lipinski definition) is 1. The number of amides is 1. The van der Waals surface area contributed by atoms with E-state index in [1.807, 2.05) is 4.90 Å². The first-order valence-corrected chi connectivity index (χ1v) is 12.7. The Hall–Kier alpha value is -1.43. The number of nitrogens with zero attached hydrogens (tertiary/aromatic N) is 5. The van der Waals surface area contributed by atoms with Crippen molar-refractivity contribution in [1.29, 1.82) is 0 Å². The van der Waals surface area contributed by atoms with E-state index in [1.165, 1.54) is 6.26 Å². The lowest BCUT2D eigenvalue weighted by atomic mass is 9.98. The molecule has 3 heterocycles. The zero-order valence-electron chi connectivity index (χ0n) is 18.3. The van der Waals surface area contributed by atoms with Crippen LogP contribution in [0, 0.1) is 5.92 Å². The van der Waals surface area contributed by atoms with Crippen molar-refractivity contribution in [2.45, 2.75) is 12.8 Å². The normalized spacial score (nSPS) is 23.6. The third-order valence-electron chi connectivity index (χ3n) is 6.20. The Bertz CT molecular complexity index is 694. The molecule has 0 unspecified atom stereocenters. The fourth-order valence-electron chi connectivity index (χ4n) is 4.23.